The largest absolute Gasteiger partial charge is 0.242 e. The summed E-state index contributed by atoms with van der Waals surface area (Å²) in [6.45, 7) is 9.45. The quantitative estimate of drug-likeness (QED) is 0.0808. The molecule has 0 amide bonds. The fourth-order valence-electron chi connectivity index (χ4n) is 14.2. The highest BCUT2D eigenvalue weighted by Crippen LogP contribution is 2.41. The first-order valence-corrected chi connectivity index (χ1v) is 28.7. The van der Waals surface area contributed by atoms with Crippen LogP contribution in [0.25, 0.3) is 118 Å². The van der Waals surface area contributed by atoms with Crippen molar-refractivity contribution in [1.29, 1.82) is 0 Å². The Kier molecular flexibility index (Phi) is 10.6. The van der Waals surface area contributed by atoms with Crippen LogP contribution in [0.1, 0.15) is 50.7 Å². The van der Waals surface area contributed by atoms with Gasteiger partial charge in [0.1, 0.15) is 0 Å². The Morgan fingerprint density at radius 1 is 0.212 bits per heavy atom. The summed E-state index contributed by atoms with van der Waals surface area (Å²) in [4.78, 5) is 0. The third-order valence-electron chi connectivity index (χ3n) is 18.1. The fourth-order valence-corrected chi connectivity index (χ4v) is 14.2. The maximum absolute atomic E-state index is 2.59. The third kappa shape index (κ3) is 7.53. The number of hydrogen-bond acceptors (Lipinski definition) is 0. The fraction of sp³-hybridized carbons (Fsp3) is 0.0769. The van der Waals surface area contributed by atoms with Gasteiger partial charge in [0.15, 0.2) is 0 Å². The van der Waals surface area contributed by atoms with Crippen LogP contribution in [-0.2, 0) is 0 Å². The van der Waals surface area contributed by atoms with Crippen LogP contribution in [0.4, 0.5) is 0 Å². The van der Waals surface area contributed by atoms with Gasteiger partial charge in [-0.25, -0.2) is 0 Å². The number of rotatable bonds is 8. The smallest absolute Gasteiger partial charge is 0.0680 e. The standard InChI is InChI=1S/C78H56B2/c1-47(2)73-45-75(79(65-25-21-57-33-49-13-5-9-17-53(49)37-61(57)41-65)66-26-22-58-34-50-14-6-10-18-54(50)38-62(58)42-66)71-31-32-72-76(46-74(48(3)4)70-30-29-69(73)77(71)78(70)72)80(67-27-23-59-35-51-15-7-11-19-55(51)39-63(59)43-67)68-28-24-60-36-52-16-8-12-20-56(52)40-64(60)44-68/h5-48H,1-4H3. The molecule has 0 N–H and O–H groups in total. The zero-order valence-electron chi connectivity index (χ0n) is 45.6. The van der Waals surface area contributed by atoms with Crippen LogP contribution in [-0.4, -0.2) is 13.4 Å². The SMILES string of the molecule is CC(C)c1cc(B(c2ccc3cc4ccccc4cc3c2)c2ccc3cc4ccccc4cc3c2)c2ccc3c(B(c4ccc5cc6ccccc6cc5c4)c4ccc5cc6ccccc6cc5c4)cc(C(C)C)c4ccc1c2c34. The molecule has 0 aromatic heterocycles. The third-order valence-corrected chi connectivity index (χ3v) is 18.1. The Hall–Kier alpha value is -9.23. The highest BCUT2D eigenvalue weighted by atomic mass is 14.2. The van der Waals surface area contributed by atoms with Crippen LogP contribution in [0, 0.1) is 0 Å². The number of hydrogen-bond donors (Lipinski definition) is 0. The maximum Gasteiger partial charge on any atom is 0.242 e. The van der Waals surface area contributed by atoms with Gasteiger partial charge in [-0.3, -0.25) is 0 Å². The first-order chi connectivity index (χ1) is 39.2. The van der Waals surface area contributed by atoms with Gasteiger partial charge in [-0.05, 0) is 190 Å². The molecule has 0 aliphatic rings. The van der Waals surface area contributed by atoms with Gasteiger partial charge in [0, 0.05) is 0 Å². The Balaban J connectivity index is 0.987. The second-order valence-electron chi connectivity index (χ2n) is 23.6. The number of benzene rings is 16. The molecule has 0 saturated heterocycles. The van der Waals surface area contributed by atoms with Gasteiger partial charge in [0.25, 0.3) is 0 Å². The van der Waals surface area contributed by atoms with Gasteiger partial charge in [0.2, 0.25) is 13.4 Å². The van der Waals surface area contributed by atoms with E-state index in [1.54, 1.807) is 0 Å². The molecule has 80 heavy (non-hydrogen) atoms. The van der Waals surface area contributed by atoms with Crippen LogP contribution in [0.3, 0.4) is 0 Å². The molecule has 0 nitrogen and oxygen atoms in total. The van der Waals surface area contributed by atoms with Crippen molar-refractivity contribution < 1.29 is 0 Å². The monoisotopic (exact) mass is 1010 g/mol. The highest BCUT2D eigenvalue weighted by Gasteiger charge is 2.31. The molecule has 0 aliphatic carbocycles. The van der Waals surface area contributed by atoms with Crippen molar-refractivity contribution in [2.24, 2.45) is 0 Å². The summed E-state index contributed by atoms with van der Waals surface area (Å²) in [6, 6.07) is 98.3. The first kappa shape index (κ1) is 46.8. The van der Waals surface area contributed by atoms with E-state index in [4.69, 9.17) is 0 Å². The minimum absolute atomic E-state index is 0.0528. The topological polar surface area (TPSA) is 0 Å². The minimum atomic E-state index is -0.0528. The summed E-state index contributed by atoms with van der Waals surface area (Å²) in [5, 5.41) is 28.3. The van der Waals surface area contributed by atoms with Crippen molar-refractivity contribution in [2.75, 3.05) is 0 Å². The average Bonchev–Trinajstić information content (AvgIpc) is 3.66. The second kappa shape index (κ2) is 18.2. The summed E-state index contributed by atoms with van der Waals surface area (Å²) in [5.41, 5.74) is 10.7. The van der Waals surface area contributed by atoms with Gasteiger partial charge >= 0.3 is 0 Å². The molecular weight excluding hydrogens is 958 g/mol. The maximum atomic E-state index is 2.59. The highest BCUT2D eigenvalue weighted by molar-refractivity contribution is 6.98. The van der Waals surface area contributed by atoms with Crippen molar-refractivity contribution >= 4 is 165 Å². The Morgan fingerprint density at radius 3 is 0.688 bits per heavy atom. The lowest BCUT2D eigenvalue weighted by atomic mass is 9.35. The first-order valence-electron chi connectivity index (χ1n) is 28.7. The van der Waals surface area contributed by atoms with E-state index in [2.05, 4.69) is 282 Å². The molecule has 0 heterocycles. The molecule has 0 bridgehead atoms. The van der Waals surface area contributed by atoms with Gasteiger partial charge in [0.05, 0.1) is 0 Å². The molecule has 16 aromatic carbocycles. The lowest BCUT2D eigenvalue weighted by Crippen LogP contribution is -2.53. The van der Waals surface area contributed by atoms with E-state index >= 15 is 0 Å². The molecule has 0 unspecified atom stereocenters. The van der Waals surface area contributed by atoms with E-state index in [0.29, 0.717) is 0 Å². The molecule has 0 spiro atoms. The molecule has 2 heteroatoms. The second-order valence-corrected chi connectivity index (χ2v) is 23.6. The molecule has 0 radical (unpaired) electrons. The molecule has 0 aliphatic heterocycles. The zero-order valence-corrected chi connectivity index (χ0v) is 45.6. The summed E-state index contributed by atoms with van der Waals surface area (Å²) in [5.74, 6) is 0.563. The Labute approximate surface area is 467 Å². The van der Waals surface area contributed by atoms with Crippen LogP contribution in [0.5, 0.6) is 0 Å². The molecular formula is C78H56B2. The summed E-state index contributed by atoms with van der Waals surface area (Å²) in [6.07, 6.45) is 0. The van der Waals surface area contributed by atoms with Gasteiger partial charge in [-0.2, -0.15) is 0 Å². The van der Waals surface area contributed by atoms with E-state index in [-0.39, 0.29) is 25.3 Å². The minimum Gasteiger partial charge on any atom is -0.0680 e. The van der Waals surface area contributed by atoms with Gasteiger partial charge in [-0.15, -0.1) is 0 Å². The molecule has 0 saturated carbocycles. The lowest BCUT2D eigenvalue weighted by Gasteiger charge is -2.27. The predicted molar refractivity (Wildman–Crippen MR) is 353 cm³/mol. The molecule has 16 aromatic rings. The van der Waals surface area contributed by atoms with Crippen molar-refractivity contribution in [3.63, 3.8) is 0 Å². The van der Waals surface area contributed by atoms with Crippen molar-refractivity contribution in [3.05, 3.63) is 266 Å². The van der Waals surface area contributed by atoms with E-state index in [0.717, 1.165) is 0 Å². The summed E-state index contributed by atoms with van der Waals surface area (Å²) in [7, 11) is 0. The van der Waals surface area contributed by atoms with Crippen molar-refractivity contribution in [1.82, 2.24) is 0 Å². The molecule has 0 fully saturated rings. The predicted octanol–water partition coefficient (Wildman–Crippen LogP) is 17.1. The van der Waals surface area contributed by atoms with Crippen molar-refractivity contribution in [2.45, 2.75) is 39.5 Å². The summed E-state index contributed by atoms with van der Waals surface area (Å²) < 4.78 is 0. The van der Waals surface area contributed by atoms with Gasteiger partial charge < -0.3 is 0 Å². The van der Waals surface area contributed by atoms with Crippen LogP contribution in [0.2, 0.25) is 0 Å². The van der Waals surface area contributed by atoms with E-state index in [1.165, 1.54) is 162 Å². The molecule has 16 rings (SSSR count). The number of fused-ring (bicyclic) bond motifs is 8. The van der Waals surface area contributed by atoms with E-state index < -0.39 is 0 Å². The average molecular weight is 1010 g/mol. The van der Waals surface area contributed by atoms with Crippen LogP contribution in [0.15, 0.2) is 255 Å². The molecule has 0 atom stereocenters. The Morgan fingerprint density at radius 2 is 0.438 bits per heavy atom. The van der Waals surface area contributed by atoms with Crippen LogP contribution < -0.4 is 32.8 Å². The Bertz CT molecular complexity index is 4650. The van der Waals surface area contributed by atoms with E-state index in [1.807, 2.05) is 0 Å². The normalized spacial score (nSPS) is 12.2. The zero-order chi connectivity index (χ0) is 53.3. The van der Waals surface area contributed by atoms with Crippen LogP contribution >= 0.6 is 0 Å². The van der Waals surface area contributed by atoms with Gasteiger partial charge in [-0.1, -0.05) is 267 Å². The molecule has 374 valence electrons. The summed E-state index contributed by atoms with van der Waals surface area (Å²) >= 11 is 0. The van der Waals surface area contributed by atoms with E-state index in [9.17, 15) is 0 Å². The van der Waals surface area contributed by atoms with Crippen molar-refractivity contribution in [3.8, 4) is 0 Å². The lowest BCUT2D eigenvalue weighted by molar-refractivity contribution is 0.876.